The fourth-order valence-electron chi connectivity index (χ4n) is 9.40. The maximum atomic E-state index is 6.13. The molecule has 59 heavy (non-hydrogen) atoms. The summed E-state index contributed by atoms with van der Waals surface area (Å²) >= 11 is 0. The van der Waals surface area contributed by atoms with Gasteiger partial charge in [0.2, 0.25) is 0 Å². The molecule has 0 aliphatic carbocycles. The number of benzene rings is 4. The van der Waals surface area contributed by atoms with Gasteiger partial charge in [-0.1, -0.05) is 235 Å². The molecule has 324 valence electrons. The Balaban J connectivity index is 1.42. The lowest BCUT2D eigenvalue weighted by Gasteiger charge is -2.21. The highest BCUT2D eigenvalue weighted by Gasteiger charge is 2.18. The van der Waals surface area contributed by atoms with E-state index >= 15 is 0 Å². The number of anilines is 2. The van der Waals surface area contributed by atoms with Crippen LogP contribution in [0.2, 0.25) is 0 Å². The van der Waals surface area contributed by atoms with E-state index in [0.717, 1.165) is 24.2 Å². The third-order valence-corrected chi connectivity index (χ3v) is 13.1. The van der Waals surface area contributed by atoms with Gasteiger partial charge in [-0.2, -0.15) is 0 Å². The van der Waals surface area contributed by atoms with Gasteiger partial charge < -0.3 is 11.5 Å². The molecule has 0 radical (unpaired) electrons. The predicted octanol–water partition coefficient (Wildman–Crippen LogP) is 17.3. The van der Waals surface area contributed by atoms with E-state index < -0.39 is 0 Å². The van der Waals surface area contributed by atoms with E-state index in [1.165, 1.54) is 194 Å². The summed E-state index contributed by atoms with van der Waals surface area (Å²) in [5.74, 6) is 1.50. The maximum Gasteiger partial charge on any atom is 0.0314 e. The van der Waals surface area contributed by atoms with Crippen LogP contribution in [-0.2, 0) is 12.8 Å². The molecule has 2 atom stereocenters. The minimum Gasteiger partial charge on any atom is -0.399 e. The van der Waals surface area contributed by atoms with E-state index in [1.807, 2.05) is 0 Å². The molecule has 0 fully saturated rings. The summed E-state index contributed by atoms with van der Waals surface area (Å²) in [6.45, 7) is 6.92. The van der Waals surface area contributed by atoms with Crippen molar-refractivity contribution in [3.8, 4) is 0 Å². The number of hydrogen-bond donors (Lipinski definition) is 2. The van der Waals surface area contributed by atoms with E-state index in [1.54, 1.807) is 0 Å². The Morgan fingerprint density at radius 2 is 0.559 bits per heavy atom. The molecule has 0 saturated heterocycles. The molecule has 2 heteroatoms. The minimum atomic E-state index is 0.426. The summed E-state index contributed by atoms with van der Waals surface area (Å²) in [7, 11) is 0. The average Bonchev–Trinajstić information content (AvgIpc) is 3.25. The first kappa shape index (κ1) is 48.1. The number of nitrogens with two attached hydrogens (primary N) is 2. The first-order chi connectivity index (χ1) is 29.0. The number of rotatable bonds is 33. The quantitative estimate of drug-likeness (QED) is 0.0373. The zero-order valence-corrected chi connectivity index (χ0v) is 38.2. The van der Waals surface area contributed by atoms with E-state index in [2.05, 4.69) is 118 Å². The fourth-order valence-corrected chi connectivity index (χ4v) is 9.40. The Morgan fingerprint density at radius 1 is 0.305 bits per heavy atom. The average molecular weight is 799 g/mol. The largest absolute Gasteiger partial charge is 0.399 e. The Kier molecular flexibility index (Phi) is 24.2. The van der Waals surface area contributed by atoms with Crippen molar-refractivity contribution in [2.75, 3.05) is 11.5 Å². The van der Waals surface area contributed by atoms with Gasteiger partial charge in [0.05, 0.1) is 0 Å². The number of nitrogen functional groups attached to an aromatic ring is 2. The SMILES string of the molecule is CCCCCCCCCCC(c1ccc(N)cc1)c1ccc(CC(CCCCCCCC)Cc2ccc(C(CCCCCCCCCC)c3ccc(N)cc3)cc2)cc1. The second-order valence-corrected chi connectivity index (χ2v) is 18.3. The van der Waals surface area contributed by atoms with Gasteiger partial charge in [-0.3, -0.25) is 0 Å². The van der Waals surface area contributed by atoms with Crippen LogP contribution in [0.1, 0.15) is 227 Å². The van der Waals surface area contributed by atoms with Crippen LogP contribution >= 0.6 is 0 Å². The Bertz CT molecular complexity index is 1470. The third-order valence-electron chi connectivity index (χ3n) is 13.1. The number of hydrogen-bond acceptors (Lipinski definition) is 2. The Labute approximate surface area is 363 Å². The van der Waals surface area contributed by atoms with Crippen molar-refractivity contribution in [1.82, 2.24) is 0 Å². The van der Waals surface area contributed by atoms with E-state index in [0.29, 0.717) is 17.8 Å². The molecule has 4 N–H and O–H groups in total. The maximum absolute atomic E-state index is 6.13. The molecule has 0 aromatic heterocycles. The normalized spacial score (nSPS) is 13.1. The molecule has 0 aliphatic rings. The van der Waals surface area contributed by atoms with Crippen molar-refractivity contribution in [2.45, 2.75) is 206 Å². The monoisotopic (exact) mass is 799 g/mol. The minimum absolute atomic E-state index is 0.426. The summed E-state index contributed by atoms with van der Waals surface area (Å²) in [5, 5.41) is 0. The van der Waals surface area contributed by atoms with Crippen molar-refractivity contribution >= 4 is 11.4 Å². The molecule has 4 aromatic rings. The van der Waals surface area contributed by atoms with Gasteiger partial charge in [0.1, 0.15) is 0 Å². The van der Waals surface area contributed by atoms with Gasteiger partial charge in [-0.05, 0) is 95.7 Å². The van der Waals surface area contributed by atoms with Crippen LogP contribution in [0.4, 0.5) is 11.4 Å². The van der Waals surface area contributed by atoms with Gasteiger partial charge in [0.25, 0.3) is 0 Å². The van der Waals surface area contributed by atoms with Crippen molar-refractivity contribution < 1.29 is 0 Å². The molecule has 0 aliphatic heterocycles. The zero-order valence-electron chi connectivity index (χ0n) is 38.2. The summed E-state index contributed by atoms with van der Waals surface area (Å²) in [5.41, 5.74) is 22.6. The molecular formula is C57H86N2. The summed E-state index contributed by atoms with van der Waals surface area (Å²) in [6, 6.07) is 37.0. The highest BCUT2D eigenvalue weighted by molar-refractivity contribution is 5.44. The van der Waals surface area contributed by atoms with Crippen LogP contribution in [0.3, 0.4) is 0 Å². The fraction of sp³-hybridized carbons (Fsp3) is 0.579. The van der Waals surface area contributed by atoms with Crippen molar-refractivity contribution in [1.29, 1.82) is 0 Å². The lowest BCUT2D eigenvalue weighted by atomic mass is 9.83. The van der Waals surface area contributed by atoms with Gasteiger partial charge in [0, 0.05) is 23.2 Å². The zero-order chi connectivity index (χ0) is 41.8. The highest BCUT2D eigenvalue weighted by atomic mass is 14.5. The van der Waals surface area contributed by atoms with Crippen LogP contribution in [0.15, 0.2) is 97.1 Å². The Hall–Kier alpha value is -3.52. The molecular weight excluding hydrogens is 713 g/mol. The van der Waals surface area contributed by atoms with E-state index in [-0.39, 0.29) is 0 Å². The molecule has 0 bridgehead atoms. The predicted molar refractivity (Wildman–Crippen MR) is 262 cm³/mol. The molecule has 2 nitrogen and oxygen atoms in total. The molecule has 4 rings (SSSR count). The summed E-state index contributed by atoms with van der Waals surface area (Å²) in [4.78, 5) is 0. The van der Waals surface area contributed by atoms with Crippen LogP contribution < -0.4 is 11.5 Å². The first-order valence-electron chi connectivity index (χ1n) is 24.9. The van der Waals surface area contributed by atoms with E-state index in [4.69, 9.17) is 11.5 Å². The lowest BCUT2D eigenvalue weighted by Crippen LogP contribution is -2.10. The van der Waals surface area contributed by atoms with Gasteiger partial charge in [-0.15, -0.1) is 0 Å². The summed E-state index contributed by atoms with van der Waals surface area (Å²) < 4.78 is 0. The van der Waals surface area contributed by atoms with Crippen molar-refractivity contribution in [2.24, 2.45) is 5.92 Å². The second kappa shape index (κ2) is 29.7. The molecule has 4 aromatic carbocycles. The standard InChI is InChI=1S/C57H86N2/c1-4-7-10-13-16-18-21-24-27-56(52-37-41-54(58)42-38-52)50-33-29-47(30-34-50)45-49(26-23-20-15-12-9-6-3)46-48-31-35-51(36-32-48)57(53-39-43-55(59)44-40-53)28-25-22-19-17-14-11-8-5-2/h29-44,49,56-57H,4-28,45-46,58-59H2,1-3H3. The second-order valence-electron chi connectivity index (χ2n) is 18.3. The molecule has 0 saturated carbocycles. The van der Waals surface area contributed by atoms with E-state index in [9.17, 15) is 0 Å². The number of unbranched alkanes of at least 4 members (excludes halogenated alkanes) is 19. The topological polar surface area (TPSA) is 52.0 Å². The van der Waals surface area contributed by atoms with Crippen LogP contribution in [0.5, 0.6) is 0 Å². The van der Waals surface area contributed by atoms with Crippen LogP contribution in [0, 0.1) is 5.92 Å². The smallest absolute Gasteiger partial charge is 0.0314 e. The van der Waals surface area contributed by atoms with Gasteiger partial charge in [0.15, 0.2) is 0 Å². The third kappa shape index (κ3) is 19.2. The molecule has 0 heterocycles. The van der Waals surface area contributed by atoms with Gasteiger partial charge in [-0.25, -0.2) is 0 Å². The lowest BCUT2D eigenvalue weighted by molar-refractivity contribution is 0.445. The Morgan fingerprint density at radius 3 is 0.864 bits per heavy atom. The van der Waals surface area contributed by atoms with Crippen molar-refractivity contribution in [3.05, 3.63) is 130 Å². The van der Waals surface area contributed by atoms with Gasteiger partial charge >= 0.3 is 0 Å². The van der Waals surface area contributed by atoms with Crippen molar-refractivity contribution in [3.63, 3.8) is 0 Å². The summed E-state index contributed by atoms with van der Waals surface area (Å²) in [6.07, 6.45) is 35.8. The molecule has 2 unspecified atom stereocenters. The van der Waals surface area contributed by atoms with Crippen LogP contribution in [0.25, 0.3) is 0 Å². The molecule has 0 amide bonds. The van der Waals surface area contributed by atoms with Crippen LogP contribution in [-0.4, -0.2) is 0 Å². The first-order valence-corrected chi connectivity index (χ1v) is 24.9. The highest BCUT2D eigenvalue weighted by Crippen LogP contribution is 2.34. The molecule has 0 spiro atoms.